The minimum Gasteiger partial charge on any atom is -0.314 e. The van der Waals surface area contributed by atoms with Gasteiger partial charge in [0.25, 0.3) is 6.43 Å². The number of halogens is 5. The van der Waals surface area contributed by atoms with Crippen molar-refractivity contribution < 1.29 is 8.78 Å². The summed E-state index contributed by atoms with van der Waals surface area (Å²) < 4.78 is 26.9. The molecule has 1 saturated heterocycles. The molecule has 106 valence electrons. The minimum absolute atomic E-state index is 0.109. The van der Waals surface area contributed by atoms with E-state index in [0.29, 0.717) is 26.2 Å². The van der Waals surface area contributed by atoms with Crippen LogP contribution in [0.2, 0.25) is 15.1 Å². The Hall–Kier alpha value is -0.130. The molecule has 1 aliphatic heterocycles. The molecular weight excluding hydrogens is 317 g/mol. The average molecular weight is 330 g/mol. The highest BCUT2D eigenvalue weighted by Gasteiger charge is 2.33. The second-order valence-electron chi connectivity index (χ2n) is 4.32. The van der Waals surface area contributed by atoms with Gasteiger partial charge in [-0.05, 0) is 12.1 Å². The van der Waals surface area contributed by atoms with Crippen molar-refractivity contribution in [2.24, 2.45) is 0 Å². The first-order valence-corrected chi connectivity index (χ1v) is 7.02. The zero-order chi connectivity index (χ0) is 14.0. The standard InChI is InChI=1S/C12H13Cl3F2N2/c13-7-1-2-8(14)10(15)9(7)11(12(16)17)19-5-3-18-4-6-19/h1-2,11-12,18H,3-6H2/t11-/m1/s1. The van der Waals surface area contributed by atoms with Crippen molar-refractivity contribution in [2.45, 2.75) is 12.5 Å². The number of piperazine rings is 1. The van der Waals surface area contributed by atoms with Gasteiger partial charge < -0.3 is 5.32 Å². The van der Waals surface area contributed by atoms with Gasteiger partial charge in [-0.2, -0.15) is 0 Å². The molecule has 1 fully saturated rings. The van der Waals surface area contributed by atoms with E-state index >= 15 is 0 Å². The largest absolute Gasteiger partial charge is 0.314 e. The third-order valence-corrected chi connectivity index (χ3v) is 4.31. The SMILES string of the molecule is FC(F)[C@@H](c1c(Cl)ccc(Cl)c1Cl)N1CCNCC1. The summed E-state index contributed by atoms with van der Waals surface area (Å²) in [7, 11) is 0. The Morgan fingerprint density at radius 3 is 2.21 bits per heavy atom. The van der Waals surface area contributed by atoms with Crippen LogP contribution in [0.3, 0.4) is 0 Å². The fraction of sp³-hybridized carbons (Fsp3) is 0.500. The van der Waals surface area contributed by atoms with Gasteiger partial charge in [0.1, 0.15) is 0 Å². The van der Waals surface area contributed by atoms with Crippen LogP contribution in [0.15, 0.2) is 12.1 Å². The quantitative estimate of drug-likeness (QED) is 0.847. The number of rotatable bonds is 3. The van der Waals surface area contributed by atoms with E-state index < -0.39 is 12.5 Å². The van der Waals surface area contributed by atoms with Crippen LogP contribution in [0.1, 0.15) is 11.6 Å². The maximum atomic E-state index is 13.4. The summed E-state index contributed by atoms with van der Waals surface area (Å²) in [5.74, 6) is 0. The molecule has 0 unspecified atom stereocenters. The van der Waals surface area contributed by atoms with Gasteiger partial charge in [-0.3, -0.25) is 4.90 Å². The van der Waals surface area contributed by atoms with E-state index in [1.807, 2.05) is 0 Å². The molecule has 7 heteroatoms. The summed E-state index contributed by atoms with van der Waals surface area (Å²) in [5, 5.41) is 3.69. The Labute approximate surface area is 125 Å². The lowest BCUT2D eigenvalue weighted by molar-refractivity contribution is 0.0183. The van der Waals surface area contributed by atoms with Crippen LogP contribution in [0, 0.1) is 0 Å². The predicted molar refractivity (Wildman–Crippen MR) is 74.7 cm³/mol. The zero-order valence-corrected chi connectivity index (χ0v) is 12.2. The molecule has 1 aromatic carbocycles. The van der Waals surface area contributed by atoms with E-state index in [4.69, 9.17) is 34.8 Å². The molecule has 2 nitrogen and oxygen atoms in total. The summed E-state index contributed by atoms with van der Waals surface area (Å²) in [5.41, 5.74) is 0.215. The first-order valence-electron chi connectivity index (χ1n) is 5.88. The monoisotopic (exact) mass is 328 g/mol. The summed E-state index contributed by atoms with van der Waals surface area (Å²) in [4.78, 5) is 1.69. The van der Waals surface area contributed by atoms with Gasteiger partial charge in [-0.1, -0.05) is 34.8 Å². The molecule has 1 aromatic rings. The summed E-state index contributed by atoms with van der Waals surface area (Å²) in [6.45, 7) is 2.38. The van der Waals surface area contributed by atoms with Crippen molar-refractivity contribution in [1.29, 1.82) is 0 Å². The Morgan fingerprint density at radius 1 is 1.05 bits per heavy atom. The molecule has 2 rings (SSSR count). The molecule has 1 N–H and O–H groups in total. The van der Waals surface area contributed by atoms with E-state index in [9.17, 15) is 8.78 Å². The number of alkyl halides is 2. The smallest absolute Gasteiger partial charge is 0.258 e. The van der Waals surface area contributed by atoms with Crippen molar-refractivity contribution in [3.63, 3.8) is 0 Å². The number of hydrogen-bond acceptors (Lipinski definition) is 2. The minimum atomic E-state index is -2.58. The highest BCUT2D eigenvalue weighted by molar-refractivity contribution is 6.44. The molecule has 0 bridgehead atoms. The average Bonchev–Trinajstić information content (AvgIpc) is 2.39. The highest BCUT2D eigenvalue weighted by atomic mass is 35.5. The molecule has 0 amide bonds. The highest BCUT2D eigenvalue weighted by Crippen LogP contribution is 2.40. The first-order chi connectivity index (χ1) is 9.02. The number of nitrogens with zero attached hydrogens (tertiary/aromatic N) is 1. The third kappa shape index (κ3) is 3.31. The predicted octanol–water partition coefficient (Wildman–Crippen LogP) is 3.86. The second kappa shape index (κ2) is 6.55. The molecule has 0 aliphatic carbocycles. The topological polar surface area (TPSA) is 15.3 Å². The van der Waals surface area contributed by atoms with Gasteiger partial charge in [-0.15, -0.1) is 0 Å². The molecule has 0 saturated carbocycles. The van der Waals surface area contributed by atoms with Crippen molar-refractivity contribution in [2.75, 3.05) is 26.2 Å². The molecular formula is C12H13Cl3F2N2. The van der Waals surface area contributed by atoms with Crippen molar-refractivity contribution in [1.82, 2.24) is 10.2 Å². The van der Waals surface area contributed by atoms with Gasteiger partial charge in [0, 0.05) is 36.8 Å². The molecule has 1 atom stereocenters. The van der Waals surface area contributed by atoms with Crippen LogP contribution in [-0.2, 0) is 0 Å². The van der Waals surface area contributed by atoms with Crippen LogP contribution in [0.5, 0.6) is 0 Å². The molecule has 19 heavy (non-hydrogen) atoms. The summed E-state index contributed by atoms with van der Waals surface area (Å²) in [6, 6.07) is 1.89. The Kier molecular flexibility index (Phi) is 5.26. The van der Waals surface area contributed by atoms with E-state index in [0.717, 1.165) is 0 Å². The van der Waals surface area contributed by atoms with Gasteiger partial charge in [0.15, 0.2) is 0 Å². The first kappa shape index (κ1) is 15.3. The fourth-order valence-electron chi connectivity index (χ4n) is 2.24. The molecule has 1 heterocycles. The van der Waals surface area contributed by atoms with Crippen molar-refractivity contribution in [3.8, 4) is 0 Å². The zero-order valence-electron chi connectivity index (χ0n) is 9.97. The fourth-order valence-corrected chi connectivity index (χ4v) is 3.00. The van der Waals surface area contributed by atoms with Gasteiger partial charge in [0.05, 0.1) is 16.1 Å². The van der Waals surface area contributed by atoms with E-state index in [2.05, 4.69) is 5.32 Å². The van der Waals surface area contributed by atoms with Gasteiger partial charge >= 0.3 is 0 Å². The van der Waals surface area contributed by atoms with Crippen LogP contribution < -0.4 is 5.32 Å². The third-order valence-electron chi connectivity index (χ3n) is 3.16. The lowest BCUT2D eigenvalue weighted by Crippen LogP contribution is -2.47. The molecule has 0 aromatic heterocycles. The molecule has 0 radical (unpaired) electrons. The van der Waals surface area contributed by atoms with Gasteiger partial charge in [0.2, 0.25) is 0 Å². The van der Waals surface area contributed by atoms with Crippen molar-refractivity contribution in [3.05, 3.63) is 32.8 Å². The van der Waals surface area contributed by atoms with Crippen LogP contribution >= 0.6 is 34.8 Å². The van der Waals surface area contributed by atoms with E-state index in [-0.39, 0.29) is 20.6 Å². The number of nitrogens with one attached hydrogen (secondary N) is 1. The summed E-state index contributed by atoms with van der Waals surface area (Å²) >= 11 is 18.0. The Bertz CT molecular complexity index is 451. The normalized spacial score (nSPS) is 18.8. The maximum Gasteiger partial charge on any atom is 0.258 e. The Morgan fingerprint density at radius 2 is 1.63 bits per heavy atom. The van der Waals surface area contributed by atoms with E-state index in [1.165, 1.54) is 12.1 Å². The maximum absolute atomic E-state index is 13.4. The molecule has 1 aliphatic rings. The Balaban J connectivity index is 2.41. The van der Waals surface area contributed by atoms with E-state index in [1.54, 1.807) is 4.90 Å². The number of hydrogen-bond donors (Lipinski definition) is 1. The lowest BCUT2D eigenvalue weighted by atomic mass is 10.0. The number of benzene rings is 1. The second-order valence-corrected chi connectivity index (χ2v) is 5.51. The lowest BCUT2D eigenvalue weighted by Gasteiger charge is -2.35. The van der Waals surface area contributed by atoms with Crippen LogP contribution in [0.4, 0.5) is 8.78 Å². The molecule has 0 spiro atoms. The van der Waals surface area contributed by atoms with Crippen LogP contribution in [-0.4, -0.2) is 37.5 Å². The van der Waals surface area contributed by atoms with Crippen molar-refractivity contribution >= 4 is 34.8 Å². The summed E-state index contributed by atoms with van der Waals surface area (Å²) in [6.07, 6.45) is -2.58. The van der Waals surface area contributed by atoms with Crippen LogP contribution in [0.25, 0.3) is 0 Å². The van der Waals surface area contributed by atoms with Gasteiger partial charge in [-0.25, -0.2) is 8.78 Å².